The highest BCUT2D eigenvalue weighted by Crippen LogP contribution is 2.34. The van der Waals surface area contributed by atoms with Crippen molar-refractivity contribution in [3.63, 3.8) is 0 Å². The third kappa shape index (κ3) is 2.17. The van der Waals surface area contributed by atoms with Crippen molar-refractivity contribution in [1.29, 1.82) is 0 Å². The molecule has 0 saturated carbocycles. The molecular weight excluding hydrogens is 190 g/mol. The Balaban J connectivity index is 1.86. The maximum absolute atomic E-state index is 11.9. The van der Waals surface area contributed by atoms with Gasteiger partial charge in [-0.2, -0.15) is 0 Å². The lowest BCUT2D eigenvalue weighted by Crippen LogP contribution is -2.33. The van der Waals surface area contributed by atoms with Crippen LogP contribution in [0.25, 0.3) is 0 Å². The van der Waals surface area contributed by atoms with E-state index in [0.29, 0.717) is 18.0 Å². The molecule has 4 atom stereocenters. The molecule has 0 spiro atoms. The van der Waals surface area contributed by atoms with Gasteiger partial charge in [0.15, 0.2) is 0 Å². The van der Waals surface area contributed by atoms with Gasteiger partial charge < -0.3 is 10.1 Å². The van der Waals surface area contributed by atoms with Gasteiger partial charge in [-0.05, 0) is 32.1 Å². The summed E-state index contributed by atoms with van der Waals surface area (Å²) in [6.45, 7) is 6.14. The van der Waals surface area contributed by atoms with Gasteiger partial charge in [0.1, 0.15) is 6.10 Å². The minimum absolute atomic E-state index is 0.0101. The normalized spacial score (nSPS) is 35.9. The van der Waals surface area contributed by atoms with E-state index in [-0.39, 0.29) is 18.0 Å². The number of ether oxygens (including phenoxy) is 1. The highest BCUT2D eigenvalue weighted by atomic mass is 16.5. The van der Waals surface area contributed by atoms with E-state index >= 15 is 0 Å². The first-order valence-corrected chi connectivity index (χ1v) is 6.04. The van der Waals surface area contributed by atoms with Crippen molar-refractivity contribution >= 4 is 5.97 Å². The van der Waals surface area contributed by atoms with Crippen LogP contribution in [0.15, 0.2) is 0 Å². The number of carbonyl (C=O) groups is 1. The van der Waals surface area contributed by atoms with E-state index in [2.05, 4.69) is 19.2 Å². The first-order chi connectivity index (χ1) is 7.08. The molecular formula is C12H21NO2. The van der Waals surface area contributed by atoms with Gasteiger partial charge in [0.25, 0.3) is 0 Å². The van der Waals surface area contributed by atoms with E-state index in [9.17, 15) is 4.79 Å². The van der Waals surface area contributed by atoms with E-state index in [1.165, 1.54) is 6.42 Å². The Morgan fingerprint density at radius 1 is 1.33 bits per heavy atom. The largest absolute Gasteiger partial charge is 0.462 e. The third-order valence-corrected chi connectivity index (χ3v) is 3.84. The maximum atomic E-state index is 11.9. The molecule has 2 aliphatic heterocycles. The zero-order chi connectivity index (χ0) is 11.0. The minimum Gasteiger partial charge on any atom is -0.462 e. The van der Waals surface area contributed by atoms with Crippen LogP contribution in [-0.2, 0) is 9.53 Å². The summed E-state index contributed by atoms with van der Waals surface area (Å²) in [4.78, 5) is 11.9. The van der Waals surface area contributed by atoms with E-state index in [1.807, 2.05) is 6.92 Å². The van der Waals surface area contributed by atoms with Crippen LogP contribution in [0.4, 0.5) is 0 Å². The quantitative estimate of drug-likeness (QED) is 0.722. The maximum Gasteiger partial charge on any atom is 0.310 e. The van der Waals surface area contributed by atoms with Gasteiger partial charge in [-0.25, -0.2) is 0 Å². The zero-order valence-electron chi connectivity index (χ0n) is 9.82. The Hall–Kier alpha value is -0.570. The smallest absolute Gasteiger partial charge is 0.310 e. The van der Waals surface area contributed by atoms with Crippen LogP contribution in [0.1, 0.15) is 40.0 Å². The number of fused-ring (bicyclic) bond motifs is 2. The first-order valence-electron chi connectivity index (χ1n) is 6.04. The summed E-state index contributed by atoms with van der Waals surface area (Å²) in [5.74, 6) is 0.529. The van der Waals surface area contributed by atoms with Crippen molar-refractivity contribution in [1.82, 2.24) is 5.32 Å². The molecule has 15 heavy (non-hydrogen) atoms. The van der Waals surface area contributed by atoms with Crippen molar-refractivity contribution in [2.45, 2.75) is 58.2 Å². The van der Waals surface area contributed by atoms with Crippen LogP contribution in [0.5, 0.6) is 0 Å². The standard InChI is InChI=1S/C12H21NO2/c1-7(2)8(3)15-12(14)10-6-9-4-5-11(10)13-9/h7-11,13H,4-6H2,1-3H3. The number of hydrogen-bond acceptors (Lipinski definition) is 3. The fourth-order valence-corrected chi connectivity index (χ4v) is 2.49. The molecule has 2 fully saturated rings. The van der Waals surface area contributed by atoms with Crippen LogP contribution in [-0.4, -0.2) is 24.2 Å². The van der Waals surface area contributed by atoms with Crippen LogP contribution < -0.4 is 5.32 Å². The van der Waals surface area contributed by atoms with Gasteiger partial charge in [0.2, 0.25) is 0 Å². The van der Waals surface area contributed by atoms with Crippen LogP contribution in [0.2, 0.25) is 0 Å². The number of carbonyl (C=O) groups excluding carboxylic acids is 1. The summed E-state index contributed by atoms with van der Waals surface area (Å²) in [6, 6.07) is 0.962. The van der Waals surface area contributed by atoms with Crippen molar-refractivity contribution in [3.05, 3.63) is 0 Å². The van der Waals surface area contributed by atoms with Crippen LogP contribution in [0.3, 0.4) is 0 Å². The SMILES string of the molecule is CC(C)C(C)OC(=O)C1CC2CCC1N2. The Bertz CT molecular complexity index is 252. The number of esters is 1. The molecule has 0 aromatic heterocycles. The Labute approximate surface area is 91.6 Å². The van der Waals surface area contributed by atoms with Crippen molar-refractivity contribution < 1.29 is 9.53 Å². The molecule has 0 amide bonds. The van der Waals surface area contributed by atoms with E-state index in [0.717, 1.165) is 12.8 Å². The Morgan fingerprint density at radius 3 is 2.53 bits per heavy atom. The summed E-state index contributed by atoms with van der Waals surface area (Å²) in [5, 5.41) is 3.46. The van der Waals surface area contributed by atoms with Gasteiger partial charge in [-0.15, -0.1) is 0 Å². The van der Waals surface area contributed by atoms with Gasteiger partial charge in [0, 0.05) is 12.1 Å². The third-order valence-electron chi connectivity index (χ3n) is 3.84. The molecule has 0 radical (unpaired) electrons. The Kier molecular flexibility index (Phi) is 3.01. The number of hydrogen-bond donors (Lipinski definition) is 1. The summed E-state index contributed by atoms with van der Waals surface area (Å²) in [5.41, 5.74) is 0. The molecule has 0 aromatic rings. The summed E-state index contributed by atoms with van der Waals surface area (Å²) in [6.07, 6.45) is 3.39. The number of nitrogens with one attached hydrogen (secondary N) is 1. The lowest BCUT2D eigenvalue weighted by molar-refractivity contribution is -0.155. The van der Waals surface area contributed by atoms with E-state index in [1.54, 1.807) is 0 Å². The molecule has 2 heterocycles. The molecule has 1 N–H and O–H groups in total. The van der Waals surface area contributed by atoms with Crippen molar-refractivity contribution in [3.8, 4) is 0 Å². The molecule has 2 aliphatic rings. The van der Waals surface area contributed by atoms with Crippen LogP contribution in [0, 0.1) is 11.8 Å². The average Bonchev–Trinajstić information content (AvgIpc) is 2.78. The fourth-order valence-electron chi connectivity index (χ4n) is 2.49. The first kappa shape index (κ1) is 10.9. The second-order valence-electron chi connectivity index (χ2n) is 5.28. The summed E-state index contributed by atoms with van der Waals surface area (Å²) < 4.78 is 5.47. The molecule has 3 nitrogen and oxygen atoms in total. The van der Waals surface area contributed by atoms with Crippen molar-refractivity contribution in [2.24, 2.45) is 11.8 Å². The van der Waals surface area contributed by atoms with Crippen LogP contribution >= 0.6 is 0 Å². The highest BCUT2D eigenvalue weighted by molar-refractivity contribution is 5.74. The predicted octanol–water partition coefficient (Wildman–Crippen LogP) is 1.71. The average molecular weight is 211 g/mol. The minimum atomic E-state index is 0.0101. The summed E-state index contributed by atoms with van der Waals surface area (Å²) in [7, 11) is 0. The fraction of sp³-hybridized carbons (Fsp3) is 0.917. The summed E-state index contributed by atoms with van der Waals surface area (Å²) >= 11 is 0. The molecule has 86 valence electrons. The molecule has 2 rings (SSSR count). The second kappa shape index (κ2) is 4.12. The Morgan fingerprint density at radius 2 is 2.07 bits per heavy atom. The molecule has 0 aromatic carbocycles. The predicted molar refractivity (Wildman–Crippen MR) is 58.4 cm³/mol. The van der Waals surface area contributed by atoms with Crippen molar-refractivity contribution in [2.75, 3.05) is 0 Å². The topological polar surface area (TPSA) is 38.3 Å². The number of rotatable bonds is 3. The second-order valence-corrected chi connectivity index (χ2v) is 5.28. The monoisotopic (exact) mass is 211 g/mol. The zero-order valence-corrected chi connectivity index (χ0v) is 9.82. The molecule has 2 bridgehead atoms. The molecule has 0 aliphatic carbocycles. The van der Waals surface area contributed by atoms with E-state index in [4.69, 9.17) is 4.74 Å². The van der Waals surface area contributed by atoms with Gasteiger partial charge in [0.05, 0.1) is 5.92 Å². The molecule has 3 heteroatoms. The lowest BCUT2D eigenvalue weighted by Gasteiger charge is -2.23. The van der Waals surface area contributed by atoms with E-state index < -0.39 is 0 Å². The molecule has 2 saturated heterocycles. The van der Waals surface area contributed by atoms with Gasteiger partial charge >= 0.3 is 5.97 Å². The van der Waals surface area contributed by atoms with Gasteiger partial charge in [-0.1, -0.05) is 13.8 Å². The van der Waals surface area contributed by atoms with Gasteiger partial charge in [-0.3, -0.25) is 4.79 Å². The highest BCUT2D eigenvalue weighted by Gasteiger charge is 2.43. The lowest BCUT2D eigenvalue weighted by atomic mass is 9.89. The molecule has 4 unspecified atom stereocenters.